The van der Waals surface area contributed by atoms with Gasteiger partial charge in [0.05, 0.1) is 10.7 Å². The van der Waals surface area contributed by atoms with Crippen LogP contribution < -0.4 is 0 Å². The monoisotopic (exact) mass is 431 g/mol. The number of pyridine rings is 1. The number of nitrogens with zero attached hydrogens (tertiary/aromatic N) is 5. The maximum absolute atomic E-state index is 12.7. The van der Waals surface area contributed by atoms with E-state index in [4.69, 9.17) is 0 Å². The fourth-order valence-corrected chi connectivity index (χ4v) is 3.83. The predicted octanol–water partition coefficient (Wildman–Crippen LogP) is 4.52. The van der Waals surface area contributed by atoms with Gasteiger partial charge in [0.15, 0.2) is 16.8 Å². The summed E-state index contributed by atoms with van der Waals surface area (Å²) < 4.78 is 1.89. The number of hydrogen-bond acceptors (Lipinski definition) is 7. The molecule has 9 heteroatoms. The highest BCUT2D eigenvalue weighted by atomic mass is 32.2. The van der Waals surface area contributed by atoms with E-state index >= 15 is 0 Å². The van der Waals surface area contributed by atoms with Crippen molar-refractivity contribution in [1.82, 2.24) is 19.7 Å². The molecule has 0 spiro atoms. The predicted molar refractivity (Wildman–Crippen MR) is 117 cm³/mol. The molecular weight excluding hydrogens is 414 g/mol. The van der Waals surface area contributed by atoms with Crippen LogP contribution in [0.25, 0.3) is 17.1 Å². The Morgan fingerprint density at radius 3 is 2.52 bits per heavy atom. The highest BCUT2D eigenvalue weighted by Crippen LogP contribution is 2.28. The smallest absolute Gasteiger partial charge is 0.270 e. The van der Waals surface area contributed by atoms with Crippen molar-refractivity contribution in [3.63, 3.8) is 0 Å². The summed E-state index contributed by atoms with van der Waals surface area (Å²) in [6.45, 7) is 2.01. The molecule has 0 fully saturated rings. The Hall–Kier alpha value is -3.85. The van der Waals surface area contributed by atoms with Crippen LogP contribution in [0.1, 0.15) is 15.9 Å². The molecule has 0 N–H and O–H groups in total. The van der Waals surface area contributed by atoms with Crippen molar-refractivity contribution >= 4 is 23.2 Å². The second-order valence-electron chi connectivity index (χ2n) is 6.73. The van der Waals surface area contributed by atoms with Crippen molar-refractivity contribution in [1.29, 1.82) is 0 Å². The average Bonchev–Trinajstić information content (AvgIpc) is 3.22. The standard InChI is InChI=1S/C22H17N5O3S/c1-15-5-7-18(8-6-15)26-21(16-9-11-23-12-10-16)24-25-22(26)31-14-20(28)17-3-2-4-19(13-17)27(29)30/h2-13H,14H2,1H3. The molecule has 0 amide bonds. The van der Waals surface area contributed by atoms with Gasteiger partial charge in [-0.05, 0) is 31.2 Å². The molecule has 2 heterocycles. The van der Waals surface area contributed by atoms with Crippen LogP contribution in [0.5, 0.6) is 0 Å². The van der Waals surface area contributed by atoms with Crippen LogP contribution in [-0.2, 0) is 0 Å². The quantitative estimate of drug-likeness (QED) is 0.183. The van der Waals surface area contributed by atoms with E-state index in [-0.39, 0.29) is 22.8 Å². The Morgan fingerprint density at radius 1 is 1.06 bits per heavy atom. The summed E-state index contributed by atoms with van der Waals surface area (Å²) in [5.41, 5.74) is 3.01. The maximum atomic E-state index is 12.7. The summed E-state index contributed by atoms with van der Waals surface area (Å²) in [4.78, 5) is 27.2. The second-order valence-corrected chi connectivity index (χ2v) is 7.67. The molecule has 2 aromatic heterocycles. The van der Waals surface area contributed by atoms with E-state index in [1.807, 2.05) is 47.9 Å². The van der Waals surface area contributed by atoms with Crippen molar-refractivity contribution in [3.05, 3.63) is 94.3 Å². The number of aryl methyl sites for hydroxylation is 1. The van der Waals surface area contributed by atoms with Crippen LogP contribution in [0, 0.1) is 17.0 Å². The van der Waals surface area contributed by atoms with Gasteiger partial charge in [-0.2, -0.15) is 0 Å². The molecule has 0 aliphatic heterocycles. The second kappa shape index (κ2) is 8.88. The molecule has 0 radical (unpaired) electrons. The zero-order valence-corrected chi connectivity index (χ0v) is 17.3. The van der Waals surface area contributed by atoms with Gasteiger partial charge in [-0.25, -0.2) is 0 Å². The van der Waals surface area contributed by atoms with Crippen molar-refractivity contribution in [2.24, 2.45) is 0 Å². The summed E-state index contributed by atoms with van der Waals surface area (Å²) in [6.07, 6.45) is 3.37. The highest BCUT2D eigenvalue weighted by molar-refractivity contribution is 7.99. The topological polar surface area (TPSA) is 104 Å². The Bertz CT molecular complexity index is 1240. The lowest BCUT2D eigenvalue weighted by molar-refractivity contribution is -0.384. The maximum Gasteiger partial charge on any atom is 0.270 e. The van der Waals surface area contributed by atoms with E-state index in [9.17, 15) is 14.9 Å². The molecule has 0 saturated carbocycles. The van der Waals surface area contributed by atoms with E-state index in [0.29, 0.717) is 11.0 Å². The number of ketones is 1. The average molecular weight is 431 g/mol. The molecule has 0 atom stereocenters. The van der Waals surface area contributed by atoms with Crippen molar-refractivity contribution in [3.8, 4) is 17.1 Å². The lowest BCUT2D eigenvalue weighted by Gasteiger charge is -2.10. The van der Waals surface area contributed by atoms with Crippen LogP contribution in [-0.4, -0.2) is 36.2 Å². The minimum absolute atomic E-state index is 0.0709. The Balaban J connectivity index is 1.65. The molecule has 0 aliphatic rings. The summed E-state index contributed by atoms with van der Waals surface area (Å²) >= 11 is 1.23. The van der Waals surface area contributed by atoms with Gasteiger partial charge in [-0.15, -0.1) is 10.2 Å². The minimum Gasteiger partial charge on any atom is -0.293 e. The fourth-order valence-electron chi connectivity index (χ4n) is 2.98. The third-order valence-electron chi connectivity index (χ3n) is 4.58. The number of hydrogen-bond donors (Lipinski definition) is 0. The highest BCUT2D eigenvalue weighted by Gasteiger charge is 2.18. The van der Waals surface area contributed by atoms with Crippen molar-refractivity contribution < 1.29 is 9.72 Å². The van der Waals surface area contributed by atoms with Crippen LogP contribution >= 0.6 is 11.8 Å². The Kier molecular flexibility index (Phi) is 5.85. The van der Waals surface area contributed by atoms with Crippen molar-refractivity contribution in [2.45, 2.75) is 12.1 Å². The summed E-state index contributed by atoms with van der Waals surface area (Å²) in [5.74, 6) is 0.482. The first-order valence-corrected chi connectivity index (χ1v) is 10.3. The van der Waals surface area contributed by atoms with Gasteiger partial charge in [0.25, 0.3) is 5.69 Å². The van der Waals surface area contributed by atoms with E-state index < -0.39 is 4.92 Å². The fraction of sp³-hybridized carbons (Fsp3) is 0.0909. The Labute approximate surface area is 182 Å². The summed E-state index contributed by atoms with van der Waals surface area (Å²) in [7, 11) is 0. The van der Waals surface area contributed by atoms with Crippen LogP contribution in [0.4, 0.5) is 5.69 Å². The molecule has 4 aromatic rings. The first-order chi connectivity index (χ1) is 15.0. The van der Waals surface area contributed by atoms with Gasteiger partial charge in [-0.1, -0.05) is 41.6 Å². The van der Waals surface area contributed by atoms with E-state index in [1.165, 1.54) is 30.0 Å². The van der Waals surface area contributed by atoms with Gasteiger partial charge in [0.2, 0.25) is 0 Å². The molecule has 31 heavy (non-hydrogen) atoms. The molecular formula is C22H17N5O3S. The molecule has 154 valence electrons. The number of aromatic nitrogens is 4. The molecule has 2 aromatic carbocycles. The number of rotatable bonds is 7. The molecule has 0 aliphatic carbocycles. The van der Waals surface area contributed by atoms with Gasteiger partial charge >= 0.3 is 0 Å². The molecule has 0 bridgehead atoms. The van der Waals surface area contributed by atoms with Crippen LogP contribution in [0.2, 0.25) is 0 Å². The SMILES string of the molecule is Cc1ccc(-n2c(SCC(=O)c3cccc([N+](=O)[O-])c3)nnc2-c2ccncc2)cc1. The molecule has 8 nitrogen and oxygen atoms in total. The molecule has 0 saturated heterocycles. The van der Waals surface area contributed by atoms with E-state index in [2.05, 4.69) is 15.2 Å². The normalized spacial score (nSPS) is 10.7. The largest absolute Gasteiger partial charge is 0.293 e. The number of carbonyl (C=O) groups excluding carboxylic acids is 1. The van der Waals surface area contributed by atoms with Gasteiger partial charge < -0.3 is 0 Å². The number of Topliss-reactive ketones (excluding diaryl/α,β-unsaturated/α-hetero) is 1. The Morgan fingerprint density at radius 2 is 1.81 bits per heavy atom. The minimum atomic E-state index is -0.515. The third kappa shape index (κ3) is 4.51. The number of nitro groups is 1. The van der Waals surface area contributed by atoms with Crippen LogP contribution in [0.15, 0.2) is 78.2 Å². The summed E-state index contributed by atoms with van der Waals surface area (Å²) in [5, 5.41) is 20.2. The third-order valence-corrected chi connectivity index (χ3v) is 5.50. The first kappa shape index (κ1) is 20.4. The van der Waals surface area contributed by atoms with Gasteiger partial charge in [0.1, 0.15) is 0 Å². The zero-order valence-electron chi connectivity index (χ0n) is 16.5. The van der Waals surface area contributed by atoms with Gasteiger partial charge in [-0.3, -0.25) is 24.5 Å². The zero-order chi connectivity index (χ0) is 21.8. The van der Waals surface area contributed by atoms with E-state index in [1.54, 1.807) is 18.5 Å². The number of non-ortho nitro benzene ring substituents is 1. The molecule has 0 unspecified atom stereocenters. The lowest BCUT2D eigenvalue weighted by Crippen LogP contribution is -2.05. The number of nitro benzene ring substituents is 1. The lowest BCUT2D eigenvalue weighted by atomic mass is 10.1. The molecule has 4 rings (SSSR count). The van der Waals surface area contributed by atoms with Gasteiger partial charge in [0, 0.05) is 41.3 Å². The first-order valence-electron chi connectivity index (χ1n) is 9.36. The number of thioether (sulfide) groups is 1. The van der Waals surface area contributed by atoms with Crippen LogP contribution in [0.3, 0.4) is 0 Å². The summed E-state index contributed by atoms with van der Waals surface area (Å²) in [6, 6.07) is 17.3. The number of carbonyl (C=O) groups is 1. The van der Waals surface area contributed by atoms with Crippen molar-refractivity contribution in [2.75, 3.05) is 5.75 Å². The number of benzene rings is 2. The van der Waals surface area contributed by atoms with E-state index in [0.717, 1.165) is 16.8 Å².